The highest BCUT2D eigenvalue weighted by molar-refractivity contribution is 9.10. The Hall–Kier alpha value is -1.55. The van der Waals surface area contributed by atoms with Gasteiger partial charge in [-0.15, -0.1) is 0 Å². The van der Waals surface area contributed by atoms with Crippen molar-refractivity contribution in [2.75, 3.05) is 13.7 Å². The number of carbonyl (C=O) groups is 1. The van der Waals surface area contributed by atoms with Crippen LogP contribution in [0.1, 0.15) is 30.1 Å². The fourth-order valence-corrected chi connectivity index (χ4v) is 2.42. The van der Waals surface area contributed by atoms with Gasteiger partial charge in [-0.05, 0) is 30.0 Å². The highest BCUT2D eigenvalue weighted by Crippen LogP contribution is 2.30. The normalized spacial score (nSPS) is 10.6. The van der Waals surface area contributed by atoms with Gasteiger partial charge in [0.15, 0.2) is 0 Å². The molecule has 0 aliphatic rings. The van der Waals surface area contributed by atoms with Crippen molar-refractivity contribution in [2.45, 2.75) is 19.8 Å². The Kier molecular flexibility index (Phi) is 5.01. The lowest BCUT2D eigenvalue weighted by Gasteiger charge is -2.12. The summed E-state index contributed by atoms with van der Waals surface area (Å²) < 4.78 is 11.6. The molecular formula is C16H17BrO3. The predicted molar refractivity (Wildman–Crippen MR) is 83.4 cm³/mol. The fourth-order valence-electron chi connectivity index (χ4n) is 2.04. The van der Waals surface area contributed by atoms with Gasteiger partial charge >= 0.3 is 5.97 Å². The first-order chi connectivity index (χ1) is 9.67. The molecule has 20 heavy (non-hydrogen) atoms. The van der Waals surface area contributed by atoms with Crippen LogP contribution in [-0.2, 0) is 4.74 Å². The molecule has 2 aromatic carbocycles. The van der Waals surface area contributed by atoms with Gasteiger partial charge in [0.05, 0.1) is 13.7 Å². The summed E-state index contributed by atoms with van der Waals surface area (Å²) in [6, 6.07) is 9.51. The second-order valence-electron chi connectivity index (χ2n) is 4.50. The maximum Gasteiger partial charge on any atom is 0.342 e. The molecule has 0 spiro atoms. The van der Waals surface area contributed by atoms with E-state index in [9.17, 15) is 4.79 Å². The van der Waals surface area contributed by atoms with Gasteiger partial charge in [-0.1, -0.05) is 41.4 Å². The van der Waals surface area contributed by atoms with Crippen molar-refractivity contribution in [2.24, 2.45) is 0 Å². The Bertz CT molecular complexity index is 622. The zero-order chi connectivity index (χ0) is 14.5. The number of ether oxygens (including phenoxy) is 2. The zero-order valence-corrected chi connectivity index (χ0v) is 13.2. The van der Waals surface area contributed by atoms with Gasteiger partial charge in [0.1, 0.15) is 11.3 Å². The van der Waals surface area contributed by atoms with Crippen LogP contribution in [0.3, 0.4) is 0 Å². The number of esters is 1. The van der Waals surface area contributed by atoms with Crippen LogP contribution >= 0.6 is 15.9 Å². The number of fused-ring (bicyclic) bond motifs is 1. The topological polar surface area (TPSA) is 35.5 Å². The van der Waals surface area contributed by atoms with Gasteiger partial charge in [-0.2, -0.15) is 0 Å². The van der Waals surface area contributed by atoms with Crippen LogP contribution < -0.4 is 4.74 Å². The molecule has 0 amide bonds. The average molecular weight is 337 g/mol. The van der Waals surface area contributed by atoms with Crippen LogP contribution in [0.2, 0.25) is 0 Å². The summed E-state index contributed by atoms with van der Waals surface area (Å²) in [5.74, 6) is 0.213. The number of hydrogen-bond acceptors (Lipinski definition) is 3. The van der Waals surface area contributed by atoms with E-state index in [4.69, 9.17) is 9.47 Å². The third-order valence-corrected chi connectivity index (χ3v) is 3.59. The average Bonchev–Trinajstić information content (AvgIpc) is 2.45. The lowest BCUT2D eigenvalue weighted by molar-refractivity contribution is 0.0498. The molecule has 0 saturated carbocycles. The number of benzene rings is 2. The molecule has 0 aliphatic carbocycles. The largest absolute Gasteiger partial charge is 0.496 e. The van der Waals surface area contributed by atoms with E-state index < -0.39 is 0 Å². The number of halogens is 1. The van der Waals surface area contributed by atoms with Gasteiger partial charge in [0.2, 0.25) is 0 Å². The molecule has 0 radical (unpaired) electrons. The van der Waals surface area contributed by atoms with Crippen LogP contribution in [0.5, 0.6) is 5.75 Å². The Labute approximate surface area is 127 Å². The third-order valence-electron chi connectivity index (χ3n) is 3.10. The van der Waals surface area contributed by atoms with E-state index in [1.165, 1.54) is 0 Å². The Morgan fingerprint density at radius 3 is 2.75 bits per heavy atom. The van der Waals surface area contributed by atoms with Crippen molar-refractivity contribution >= 4 is 32.7 Å². The first-order valence-electron chi connectivity index (χ1n) is 6.60. The maximum absolute atomic E-state index is 12.3. The highest BCUT2D eigenvalue weighted by Gasteiger charge is 2.17. The second-order valence-corrected chi connectivity index (χ2v) is 5.41. The zero-order valence-electron chi connectivity index (χ0n) is 11.6. The van der Waals surface area contributed by atoms with Gasteiger partial charge in [-0.25, -0.2) is 4.79 Å². The predicted octanol–water partition coefficient (Wildman–Crippen LogP) is 4.57. The maximum atomic E-state index is 12.3. The minimum absolute atomic E-state index is 0.330. The van der Waals surface area contributed by atoms with E-state index in [-0.39, 0.29) is 5.97 Å². The van der Waals surface area contributed by atoms with Crippen molar-refractivity contribution in [3.63, 3.8) is 0 Å². The minimum atomic E-state index is -0.330. The number of rotatable bonds is 5. The molecule has 2 aromatic rings. The number of hydrogen-bond donors (Lipinski definition) is 0. The van der Waals surface area contributed by atoms with Crippen molar-refractivity contribution in [1.82, 2.24) is 0 Å². The van der Waals surface area contributed by atoms with E-state index in [2.05, 4.69) is 22.9 Å². The first kappa shape index (κ1) is 14.9. The summed E-state index contributed by atoms with van der Waals surface area (Å²) >= 11 is 3.43. The fraction of sp³-hybridized carbons (Fsp3) is 0.312. The molecule has 0 unspecified atom stereocenters. The second kappa shape index (κ2) is 6.75. The van der Waals surface area contributed by atoms with E-state index in [0.29, 0.717) is 17.9 Å². The summed E-state index contributed by atoms with van der Waals surface area (Å²) in [5.41, 5.74) is 0.494. The molecule has 0 bridgehead atoms. The molecule has 0 N–H and O–H groups in total. The molecule has 0 aliphatic heterocycles. The SMILES string of the molecule is CCCCOC(=O)c1c(OC)ccc2cc(Br)ccc12. The van der Waals surface area contributed by atoms with E-state index in [1.54, 1.807) is 13.2 Å². The molecule has 0 saturated heterocycles. The Morgan fingerprint density at radius 1 is 1.25 bits per heavy atom. The van der Waals surface area contributed by atoms with E-state index in [1.807, 2.05) is 24.3 Å². The van der Waals surface area contributed by atoms with Gasteiger partial charge < -0.3 is 9.47 Å². The molecule has 4 heteroatoms. The lowest BCUT2D eigenvalue weighted by atomic mass is 10.0. The molecule has 3 nitrogen and oxygen atoms in total. The third kappa shape index (κ3) is 3.12. The smallest absolute Gasteiger partial charge is 0.342 e. The van der Waals surface area contributed by atoms with Crippen molar-refractivity contribution in [3.05, 3.63) is 40.4 Å². The molecule has 0 aromatic heterocycles. The summed E-state index contributed by atoms with van der Waals surface area (Å²) in [7, 11) is 1.56. The molecule has 2 rings (SSSR count). The number of unbranched alkanes of at least 4 members (excludes halogenated alkanes) is 1. The molecule has 0 heterocycles. The molecular weight excluding hydrogens is 320 g/mol. The van der Waals surface area contributed by atoms with Gasteiger partial charge in [-0.3, -0.25) is 0 Å². The number of carbonyl (C=O) groups excluding carboxylic acids is 1. The molecule has 0 fully saturated rings. The van der Waals surface area contributed by atoms with Crippen LogP contribution in [0.4, 0.5) is 0 Å². The molecule has 106 valence electrons. The van der Waals surface area contributed by atoms with Gasteiger partial charge in [0, 0.05) is 9.86 Å². The van der Waals surface area contributed by atoms with Gasteiger partial charge in [0.25, 0.3) is 0 Å². The number of methoxy groups -OCH3 is 1. The van der Waals surface area contributed by atoms with Crippen LogP contribution in [-0.4, -0.2) is 19.7 Å². The standard InChI is InChI=1S/C16H17BrO3/c1-3-4-9-20-16(18)15-13-7-6-12(17)10-11(13)5-8-14(15)19-2/h5-8,10H,3-4,9H2,1-2H3. The lowest BCUT2D eigenvalue weighted by Crippen LogP contribution is -2.09. The summed E-state index contributed by atoms with van der Waals surface area (Å²) in [6.45, 7) is 2.50. The van der Waals surface area contributed by atoms with Crippen LogP contribution in [0.25, 0.3) is 10.8 Å². The van der Waals surface area contributed by atoms with Crippen molar-refractivity contribution in [3.8, 4) is 5.75 Å². The Morgan fingerprint density at radius 2 is 2.05 bits per heavy atom. The minimum Gasteiger partial charge on any atom is -0.496 e. The quantitative estimate of drug-likeness (QED) is 0.592. The Balaban J connectivity index is 2.45. The molecule has 0 atom stereocenters. The van der Waals surface area contributed by atoms with Crippen molar-refractivity contribution in [1.29, 1.82) is 0 Å². The summed E-state index contributed by atoms with van der Waals surface area (Å²) in [5, 5.41) is 1.82. The first-order valence-corrected chi connectivity index (χ1v) is 7.40. The van der Waals surface area contributed by atoms with E-state index in [0.717, 1.165) is 28.1 Å². The van der Waals surface area contributed by atoms with Crippen LogP contribution in [0, 0.1) is 0 Å². The van der Waals surface area contributed by atoms with Crippen LogP contribution in [0.15, 0.2) is 34.8 Å². The summed E-state index contributed by atoms with van der Waals surface area (Å²) in [6.07, 6.45) is 1.86. The summed E-state index contributed by atoms with van der Waals surface area (Å²) in [4.78, 5) is 12.3. The monoisotopic (exact) mass is 336 g/mol. The highest BCUT2D eigenvalue weighted by atomic mass is 79.9. The van der Waals surface area contributed by atoms with E-state index >= 15 is 0 Å². The van der Waals surface area contributed by atoms with Crippen molar-refractivity contribution < 1.29 is 14.3 Å².